The number of hydrogen-bond donors (Lipinski definition) is 0. The van der Waals surface area contributed by atoms with Gasteiger partial charge in [0.25, 0.3) is 0 Å². The summed E-state index contributed by atoms with van der Waals surface area (Å²) in [5, 5.41) is 10.1. The third-order valence-corrected chi connectivity index (χ3v) is 11.7. The van der Waals surface area contributed by atoms with Crippen LogP contribution in [0.15, 0.2) is 144 Å². The zero-order valence-corrected chi connectivity index (χ0v) is 28.2. The molecule has 50 heavy (non-hydrogen) atoms. The molecule has 1 aromatic heterocycles. The molecular weight excluding hydrogens is 605 g/mol. The first-order valence-electron chi connectivity index (χ1n) is 17.8. The Balaban J connectivity index is 1.22. The number of rotatable bonds is 2. The van der Waals surface area contributed by atoms with Gasteiger partial charge < -0.3 is 4.42 Å². The molecule has 1 heteroatoms. The highest BCUT2D eigenvalue weighted by Gasteiger charge is 2.37. The fourth-order valence-electron chi connectivity index (χ4n) is 9.34. The van der Waals surface area contributed by atoms with Gasteiger partial charge in [0.15, 0.2) is 0 Å². The summed E-state index contributed by atoms with van der Waals surface area (Å²) in [5.41, 5.74) is 15.1. The highest BCUT2D eigenvalue weighted by Crippen LogP contribution is 2.54. The lowest BCUT2D eigenvalue weighted by Crippen LogP contribution is -2.15. The molecular formula is C49H34O. The van der Waals surface area contributed by atoms with Crippen molar-refractivity contribution in [3.8, 4) is 33.4 Å². The Kier molecular flexibility index (Phi) is 5.63. The van der Waals surface area contributed by atoms with Crippen molar-refractivity contribution in [2.24, 2.45) is 0 Å². The maximum absolute atomic E-state index is 6.45. The van der Waals surface area contributed by atoms with E-state index < -0.39 is 0 Å². The lowest BCUT2D eigenvalue weighted by Gasteiger charge is -2.24. The zero-order chi connectivity index (χ0) is 33.1. The second-order valence-electron chi connectivity index (χ2n) is 14.7. The monoisotopic (exact) mass is 638 g/mol. The van der Waals surface area contributed by atoms with E-state index in [0.29, 0.717) is 0 Å². The molecule has 0 amide bonds. The average Bonchev–Trinajstić information content (AvgIpc) is 3.63. The van der Waals surface area contributed by atoms with E-state index in [0.717, 1.165) is 24.0 Å². The van der Waals surface area contributed by atoms with Crippen LogP contribution < -0.4 is 0 Å². The molecule has 0 saturated heterocycles. The minimum atomic E-state index is -0.103. The Hall–Kier alpha value is -5.92. The zero-order valence-electron chi connectivity index (χ0n) is 28.2. The van der Waals surface area contributed by atoms with Crippen molar-refractivity contribution in [3.63, 3.8) is 0 Å². The molecule has 0 aliphatic heterocycles. The van der Waals surface area contributed by atoms with Gasteiger partial charge in [-0.2, -0.15) is 0 Å². The Morgan fingerprint density at radius 3 is 1.84 bits per heavy atom. The Morgan fingerprint density at radius 2 is 1.10 bits per heavy atom. The number of fused-ring (bicyclic) bond motifs is 11. The molecule has 0 radical (unpaired) electrons. The Morgan fingerprint density at radius 1 is 0.480 bits per heavy atom. The van der Waals surface area contributed by atoms with Gasteiger partial charge >= 0.3 is 0 Å². The van der Waals surface area contributed by atoms with E-state index in [-0.39, 0.29) is 5.41 Å². The number of furan rings is 1. The first-order chi connectivity index (χ1) is 24.6. The molecule has 2 aliphatic carbocycles. The molecule has 11 rings (SSSR count). The second-order valence-corrected chi connectivity index (χ2v) is 14.7. The first kappa shape index (κ1) is 28.0. The summed E-state index contributed by atoms with van der Waals surface area (Å²) < 4.78 is 6.45. The number of benzene rings is 8. The molecule has 0 fully saturated rings. The molecule has 236 valence electrons. The van der Waals surface area contributed by atoms with E-state index in [1.807, 2.05) is 0 Å². The Bertz CT molecular complexity index is 2890. The summed E-state index contributed by atoms with van der Waals surface area (Å²) in [6, 6.07) is 50.0. The number of aryl methyl sites for hydroxylation is 1. The molecule has 0 saturated carbocycles. The largest absolute Gasteiger partial charge is 0.456 e. The van der Waals surface area contributed by atoms with Crippen molar-refractivity contribution in [2.45, 2.75) is 32.1 Å². The molecule has 2 aliphatic rings. The van der Waals surface area contributed by atoms with Crippen LogP contribution in [-0.4, -0.2) is 0 Å². The van der Waals surface area contributed by atoms with Gasteiger partial charge in [0.2, 0.25) is 0 Å². The van der Waals surface area contributed by atoms with Crippen molar-refractivity contribution < 1.29 is 4.42 Å². The highest BCUT2D eigenvalue weighted by atomic mass is 16.3. The normalized spacial score (nSPS) is 14.5. The van der Waals surface area contributed by atoms with E-state index in [2.05, 4.69) is 159 Å². The smallest absolute Gasteiger partial charge is 0.135 e. The molecule has 0 N–H and O–H groups in total. The molecule has 0 unspecified atom stereocenters. The van der Waals surface area contributed by atoms with Crippen LogP contribution in [0, 0.1) is 0 Å². The molecule has 1 nitrogen and oxygen atoms in total. The molecule has 8 aromatic carbocycles. The van der Waals surface area contributed by atoms with Crippen LogP contribution in [0.1, 0.15) is 42.5 Å². The van der Waals surface area contributed by atoms with E-state index in [4.69, 9.17) is 4.42 Å². The lowest BCUT2D eigenvalue weighted by atomic mass is 9.79. The predicted molar refractivity (Wildman–Crippen MR) is 212 cm³/mol. The summed E-state index contributed by atoms with van der Waals surface area (Å²) >= 11 is 0. The summed E-state index contributed by atoms with van der Waals surface area (Å²) in [5.74, 6) is 0. The van der Waals surface area contributed by atoms with Gasteiger partial charge in [-0.1, -0.05) is 129 Å². The van der Waals surface area contributed by atoms with Crippen LogP contribution in [0.25, 0.3) is 93.7 Å². The minimum absolute atomic E-state index is 0.103. The van der Waals surface area contributed by atoms with E-state index in [1.165, 1.54) is 98.7 Å². The van der Waals surface area contributed by atoms with Crippen molar-refractivity contribution in [1.29, 1.82) is 0 Å². The fourth-order valence-corrected chi connectivity index (χ4v) is 9.34. The summed E-state index contributed by atoms with van der Waals surface area (Å²) in [6.07, 6.45) is 6.71. The van der Waals surface area contributed by atoms with Gasteiger partial charge in [-0.3, -0.25) is 0 Å². The van der Waals surface area contributed by atoms with Crippen LogP contribution in [0.5, 0.6) is 0 Å². The van der Waals surface area contributed by atoms with Crippen molar-refractivity contribution in [1.82, 2.24) is 0 Å². The minimum Gasteiger partial charge on any atom is -0.456 e. The maximum atomic E-state index is 6.45. The van der Waals surface area contributed by atoms with E-state index in [9.17, 15) is 0 Å². The van der Waals surface area contributed by atoms with Gasteiger partial charge in [0.05, 0.1) is 0 Å². The second kappa shape index (κ2) is 10.1. The fraction of sp³-hybridized carbons (Fsp3) is 0.102. The number of allylic oxidation sites excluding steroid dienone is 1. The van der Waals surface area contributed by atoms with Crippen LogP contribution in [0.2, 0.25) is 0 Å². The van der Waals surface area contributed by atoms with Crippen LogP contribution in [0.3, 0.4) is 0 Å². The average molecular weight is 639 g/mol. The quantitative estimate of drug-likeness (QED) is 0.172. The summed E-state index contributed by atoms with van der Waals surface area (Å²) in [4.78, 5) is 0. The molecule has 0 atom stereocenters. The third-order valence-electron chi connectivity index (χ3n) is 11.7. The first-order valence-corrected chi connectivity index (χ1v) is 17.8. The summed E-state index contributed by atoms with van der Waals surface area (Å²) in [7, 11) is 0. The molecule has 9 aromatic rings. The van der Waals surface area contributed by atoms with Crippen LogP contribution in [-0.2, 0) is 11.8 Å². The van der Waals surface area contributed by atoms with Crippen molar-refractivity contribution in [3.05, 3.63) is 162 Å². The summed E-state index contributed by atoms with van der Waals surface area (Å²) in [6.45, 7) is 4.77. The topological polar surface area (TPSA) is 13.1 Å². The molecule has 1 heterocycles. The van der Waals surface area contributed by atoms with Crippen LogP contribution >= 0.6 is 0 Å². The Labute approximate surface area is 291 Å². The van der Waals surface area contributed by atoms with Crippen LogP contribution in [0.4, 0.5) is 0 Å². The molecule has 0 bridgehead atoms. The van der Waals surface area contributed by atoms with Crippen molar-refractivity contribution in [2.75, 3.05) is 0 Å². The highest BCUT2D eigenvalue weighted by molar-refractivity contribution is 6.25. The lowest BCUT2D eigenvalue weighted by molar-refractivity contribution is 0.661. The van der Waals surface area contributed by atoms with Gasteiger partial charge in [0.1, 0.15) is 11.2 Å². The SMILES string of the molecule is CC1(C)c2ccccc2-c2c1cc(-c1c3ccccc3c(-c3ccc4oc5cc6c(cc5c4c3)C=CCC6)c3ccccc13)c1ccccc21. The van der Waals surface area contributed by atoms with Gasteiger partial charge in [-0.15, -0.1) is 0 Å². The van der Waals surface area contributed by atoms with Gasteiger partial charge in [-0.25, -0.2) is 0 Å². The van der Waals surface area contributed by atoms with Gasteiger partial charge in [-0.05, 0) is 131 Å². The van der Waals surface area contributed by atoms with E-state index >= 15 is 0 Å². The van der Waals surface area contributed by atoms with E-state index in [1.54, 1.807) is 0 Å². The third kappa shape index (κ3) is 3.72. The van der Waals surface area contributed by atoms with Gasteiger partial charge in [0, 0.05) is 16.2 Å². The predicted octanol–water partition coefficient (Wildman–Crippen LogP) is 13.6. The maximum Gasteiger partial charge on any atom is 0.135 e. The number of hydrogen-bond acceptors (Lipinski definition) is 1. The molecule has 0 spiro atoms. The van der Waals surface area contributed by atoms with Crippen molar-refractivity contribution >= 4 is 60.3 Å². The standard InChI is InChI=1S/C49H34O/c1-49(2)42-22-12-11-21-38(42)48-33-16-6-5-15-32(33)41(28-43(48)49)47-36-19-9-7-17-34(36)46(35-18-8-10-20-37(35)47)31-23-24-44-39(26-31)40-25-29-13-3-4-14-30(29)27-45(40)50-44/h3,5-13,15-28H,4,14H2,1-2H3.